The Morgan fingerprint density at radius 3 is 2.88 bits per heavy atom. The molecule has 0 bridgehead atoms. The van der Waals surface area contributed by atoms with Gasteiger partial charge in [0, 0.05) is 23.5 Å². The van der Waals surface area contributed by atoms with Gasteiger partial charge in [0.15, 0.2) is 0 Å². The van der Waals surface area contributed by atoms with Crippen LogP contribution in [-0.4, -0.2) is 14.5 Å². The fourth-order valence-corrected chi connectivity index (χ4v) is 1.87. The molecular weight excluding hydrogens is 198 g/mol. The molecule has 0 aliphatic heterocycles. The Kier molecular flexibility index (Phi) is 1.96. The first kappa shape index (κ1) is 9.09. The van der Waals surface area contributed by atoms with Gasteiger partial charge in [0.25, 0.3) is 0 Å². The van der Waals surface area contributed by atoms with E-state index in [9.17, 15) is 0 Å². The lowest BCUT2D eigenvalue weighted by Gasteiger charge is -2.06. The molecule has 2 heterocycles. The highest BCUT2D eigenvalue weighted by atomic mass is 15.0. The van der Waals surface area contributed by atoms with Gasteiger partial charge in [-0.2, -0.15) is 0 Å². The van der Waals surface area contributed by atoms with E-state index in [2.05, 4.69) is 22.1 Å². The van der Waals surface area contributed by atoms with E-state index >= 15 is 0 Å². The Morgan fingerprint density at radius 2 is 2.06 bits per heavy atom. The average Bonchev–Trinajstić information content (AvgIpc) is 2.81. The van der Waals surface area contributed by atoms with Crippen LogP contribution in [0.25, 0.3) is 16.6 Å². The molecule has 0 unspecified atom stereocenters. The van der Waals surface area contributed by atoms with Gasteiger partial charge in [-0.25, -0.2) is 4.98 Å². The summed E-state index contributed by atoms with van der Waals surface area (Å²) in [6.45, 7) is 2.00. The molecule has 0 radical (unpaired) electrons. The van der Waals surface area contributed by atoms with Gasteiger partial charge in [0.05, 0.1) is 17.5 Å². The van der Waals surface area contributed by atoms with E-state index in [4.69, 9.17) is 0 Å². The quantitative estimate of drug-likeness (QED) is 0.617. The van der Waals surface area contributed by atoms with Crippen molar-refractivity contribution >= 4 is 10.9 Å². The molecule has 0 saturated heterocycles. The van der Waals surface area contributed by atoms with Crippen LogP contribution in [-0.2, 0) is 0 Å². The predicted octanol–water partition coefficient (Wildman–Crippen LogP) is 2.73. The molecule has 2 aromatic heterocycles. The average molecular weight is 209 g/mol. The third-order valence-electron chi connectivity index (χ3n) is 2.63. The van der Waals surface area contributed by atoms with Crippen molar-refractivity contribution in [1.82, 2.24) is 14.5 Å². The molecule has 3 nitrogen and oxygen atoms in total. The lowest BCUT2D eigenvalue weighted by Crippen LogP contribution is -1.93. The molecule has 0 amide bonds. The van der Waals surface area contributed by atoms with Crippen molar-refractivity contribution in [2.45, 2.75) is 6.92 Å². The van der Waals surface area contributed by atoms with E-state index in [0.29, 0.717) is 0 Å². The van der Waals surface area contributed by atoms with Crippen LogP contribution in [0, 0.1) is 6.92 Å². The van der Waals surface area contributed by atoms with Crippen molar-refractivity contribution in [3.63, 3.8) is 0 Å². The summed E-state index contributed by atoms with van der Waals surface area (Å²) >= 11 is 0. The Balaban J connectivity index is 2.34. The number of nitrogens with zero attached hydrogens (tertiary/aromatic N) is 3. The van der Waals surface area contributed by atoms with E-state index in [1.54, 1.807) is 12.5 Å². The number of aromatic nitrogens is 3. The van der Waals surface area contributed by atoms with Gasteiger partial charge in [0.2, 0.25) is 0 Å². The lowest BCUT2D eigenvalue weighted by molar-refractivity contribution is 1.07. The van der Waals surface area contributed by atoms with Gasteiger partial charge in [-0.1, -0.05) is 6.07 Å². The molecular formula is C13H11N3. The molecule has 0 aliphatic carbocycles. The number of pyridine rings is 1. The van der Waals surface area contributed by atoms with E-state index in [0.717, 1.165) is 22.3 Å². The van der Waals surface area contributed by atoms with Crippen molar-refractivity contribution < 1.29 is 0 Å². The van der Waals surface area contributed by atoms with Crippen LogP contribution in [0.2, 0.25) is 0 Å². The number of imidazole rings is 1. The van der Waals surface area contributed by atoms with Gasteiger partial charge in [-0.15, -0.1) is 0 Å². The van der Waals surface area contributed by atoms with Crippen LogP contribution in [0.1, 0.15) is 5.69 Å². The second-order valence-electron chi connectivity index (χ2n) is 3.77. The molecule has 16 heavy (non-hydrogen) atoms. The fourth-order valence-electron chi connectivity index (χ4n) is 1.87. The third kappa shape index (κ3) is 1.37. The van der Waals surface area contributed by atoms with Crippen molar-refractivity contribution in [2.24, 2.45) is 0 Å². The van der Waals surface area contributed by atoms with Crippen LogP contribution in [0.15, 0.2) is 49.1 Å². The minimum absolute atomic E-state index is 1.02. The molecule has 0 spiro atoms. The van der Waals surface area contributed by atoms with Crippen LogP contribution in [0.4, 0.5) is 0 Å². The zero-order valence-electron chi connectivity index (χ0n) is 8.96. The zero-order valence-corrected chi connectivity index (χ0v) is 8.96. The fraction of sp³-hybridized carbons (Fsp3) is 0.0769. The summed E-state index contributed by atoms with van der Waals surface area (Å²) in [4.78, 5) is 8.58. The maximum atomic E-state index is 4.51. The summed E-state index contributed by atoms with van der Waals surface area (Å²) in [5.41, 5.74) is 3.17. The summed E-state index contributed by atoms with van der Waals surface area (Å²) in [6, 6.07) is 10.3. The maximum Gasteiger partial charge on any atom is 0.0991 e. The second-order valence-corrected chi connectivity index (χ2v) is 3.77. The van der Waals surface area contributed by atoms with Crippen molar-refractivity contribution in [3.05, 3.63) is 54.7 Å². The minimum atomic E-state index is 1.02. The Bertz CT molecular complexity index is 627. The van der Waals surface area contributed by atoms with Crippen LogP contribution in [0.5, 0.6) is 0 Å². The number of fused-ring (bicyclic) bond motifs is 1. The van der Waals surface area contributed by atoms with Crippen molar-refractivity contribution in [1.29, 1.82) is 0 Å². The van der Waals surface area contributed by atoms with Gasteiger partial charge >= 0.3 is 0 Å². The standard InChI is InChI=1S/C13H11N3/c1-10-5-6-11-12(15-10)3-2-4-13(11)16-8-7-14-9-16/h2-9H,1H3. The molecule has 1 aromatic carbocycles. The molecule has 3 aromatic rings. The van der Waals surface area contributed by atoms with E-state index in [1.807, 2.05) is 35.9 Å². The summed E-state index contributed by atoms with van der Waals surface area (Å²) in [5.74, 6) is 0. The van der Waals surface area contributed by atoms with Gasteiger partial charge in [-0.05, 0) is 31.2 Å². The highest BCUT2D eigenvalue weighted by Gasteiger charge is 2.02. The molecule has 3 rings (SSSR count). The molecule has 0 aliphatic rings. The van der Waals surface area contributed by atoms with E-state index in [1.165, 1.54) is 0 Å². The first-order chi connectivity index (χ1) is 7.84. The summed E-state index contributed by atoms with van der Waals surface area (Å²) < 4.78 is 2.00. The van der Waals surface area contributed by atoms with Crippen LogP contribution < -0.4 is 0 Å². The molecule has 0 N–H and O–H groups in total. The Morgan fingerprint density at radius 1 is 1.12 bits per heavy atom. The topological polar surface area (TPSA) is 30.7 Å². The number of benzene rings is 1. The van der Waals surface area contributed by atoms with E-state index < -0.39 is 0 Å². The summed E-state index contributed by atoms with van der Waals surface area (Å²) in [5, 5.41) is 1.14. The number of aryl methyl sites for hydroxylation is 1. The Hall–Kier alpha value is -2.16. The normalized spacial score (nSPS) is 10.8. The van der Waals surface area contributed by atoms with Gasteiger partial charge in [-0.3, -0.25) is 4.98 Å². The van der Waals surface area contributed by atoms with Crippen molar-refractivity contribution in [2.75, 3.05) is 0 Å². The van der Waals surface area contributed by atoms with Crippen LogP contribution >= 0.6 is 0 Å². The first-order valence-electron chi connectivity index (χ1n) is 5.19. The minimum Gasteiger partial charge on any atom is -0.306 e. The van der Waals surface area contributed by atoms with Gasteiger partial charge in [0.1, 0.15) is 0 Å². The van der Waals surface area contributed by atoms with Crippen molar-refractivity contribution in [3.8, 4) is 5.69 Å². The smallest absolute Gasteiger partial charge is 0.0991 e. The predicted molar refractivity (Wildman–Crippen MR) is 63.6 cm³/mol. The Labute approximate surface area is 93.4 Å². The van der Waals surface area contributed by atoms with E-state index in [-0.39, 0.29) is 0 Å². The molecule has 3 heteroatoms. The number of hydrogen-bond donors (Lipinski definition) is 0. The molecule has 0 fully saturated rings. The monoisotopic (exact) mass is 209 g/mol. The summed E-state index contributed by atoms with van der Waals surface area (Å²) in [6.07, 6.45) is 5.52. The second kappa shape index (κ2) is 3.45. The van der Waals surface area contributed by atoms with Crippen LogP contribution in [0.3, 0.4) is 0 Å². The maximum absolute atomic E-state index is 4.51. The lowest BCUT2D eigenvalue weighted by atomic mass is 10.1. The third-order valence-corrected chi connectivity index (χ3v) is 2.63. The first-order valence-corrected chi connectivity index (χ1v) is 5.19. The number of rotatable bonds is 1. The summed E-state index contributed by atoms with van der Waals surface area (Å²) in [7, 11) is 0. The zero-order chi connectivity index (χ0) is 11.0. The SMILES string of the molecule is Cc1ccc2c(-n3ccnc3)cccc2n1. The molecule has 78 valence electrons. The largest absolute Gasteiger partial charge is 0.306 e. The highest BCUT2D eigenvalue weighted by molar-refractivity contribution is 5.87. The molecule has 0 atom stereocenters. The highest BCUT2D eigenvalue weighted by Crippen LogP contribution is 2.20. The van der Waals surface area contributed by atoms with Gasteiger partial charge < -0.3 is 4.57 Å². The molecule has 0 saturated carbocycles. The number of hydrogen-bond acceptors (Lipinski definition) is 2.